The molecule has 1 saturated heterocycles. The Hall–Kier alpha value is -1.87. The molecule has 1 fully saturated rings. The third-order valence-corrected chi connectivity index (χ3v) is 4.13. The molecule has 3 rings (SSSR count). The topological polar surface area (TPSA) is 58.4 Å². The quantitative estimate of drug-likeness (QED) is 0.762. The van der Waals surface area contributed by atoms with Gasteiger partial charge in [-0.05, 0) is 30.7 Å². The van der Waals surface area contributed by atoms with Gasteiger partial charge in [0.1, 0.15) is 5.82 Å². The summed E-state index contributed by atoms with van der Waals surface area (Å²) in [5.41, 5.74) is 1.38. The van der Waals surface area contributed by atoms with Gasteiger partial charge < -0.3 is 14.4 Å². The minimum absolute atomic E-state index is 0.222. The lowest BCUT2D eigenvalue weighted by atomic mass is 10.1. The molecule has 1 aromatic carbocycles. The van der Waals surface area contributed by atoms with Crippen molar-refractivity contribution in [2.75, 3.05) is 38.3 Å². The average Bonchev–Trinajstić information content (AvgIpc) is 2.52. The van der Waals surface area contributed by atoms with Gasteiger partial charge in [-0.15, -0.1) is 0 Å². The summed E-state index contributed by atoms with van der Waals surface area (Å²) < 4.78 is 10.8. The van der Waals surface area contributed by atoms with E-state index >= 15 is 0 Å². The number of nitriles is 1. The van der Waals surface area contributed by atoms with Crippen molar-refractivity contribution in [3.05, 3.63) is 34.9 Å². The predicted molar refractivity (Wildman–Crippen MR) is 89.9 cm³/mol. The van der Waals surface area contributed by atoms with Crippen molar-refractivity contribution in [3.63, 3.8) is 0 Å². The molecule has 1 aliphatic rings. The maximum Gasteiger partial charge on any atom is 0.130 e. The third-order valence-electron chi connectivity index (χ3n) is 3.90. The molecule has 0 saturated carbocycles. The smallest absolute Gasteiger partial charge is 0.130 e. The molecule has 0 radical (unpaired) electrons. The second-order valence-corrected chi connectivity index (χ2v) is 5.98. The van der Waals surface area contributed by atoms with Crippen molar-refractivity contribution in [2.45, 2.75) is 12.5 Å². The van der Waals surface area contributed by atoms with Crippen molar-refractivity contribution >= 4 is 28.3 Å². The Balaban J connectivity index is 1.68. The van der Waals surface area contributed by atoms with E-state index in [4.69, 9.17) is 21.1 Å². The maximum atomic E-state index is 9.37. The standard InChI is InChI=1S/C17H18ClN3O2/c1-22-5-2-6-23-14-10-21(11-14)17-7-12(9-19)15-8-13(18)3-4-16(15)20-17/h3-4,7-8,14H,2,5-6,10-11H2,1H3. The average molecular weight is 332 g/mol. The second kappa shape index (κ2) is 7.14. The van der Waals surface area contributed by atoms with Crippen LogP contribution in [0.25, 0.3) is 10.9 Å². The van der Waals surface area contributed by atoms with Gasteiger partial charge in [-0.3, -0.25) is 0 Å². The van der Waals surface area contributed by atoms with Crippen molar-refractivity contribution in [3.8, 4) is 6.07 Å². The fourth-order valence-corrected chi connectivity index (χ4v) is 2.79. The van der Waals surface area contributed by atoms with E-state index in [2.05, 4.69) is 16.0 Å². The first-order valence-electron chi connectivity index (χ1n) is 7.57. The minimum atomic E-state index is 0.222. The predicted octanol–water partition coefficient (Wildman–Crippen LogP) is 3.00. The summed E-state index contributed by atoms with van der Waals surface area (Å²) in [4.78, 5) is 6.75. The van der Waals surface area contributed by atoms with Gasteiger partial charge in [0.25, 0.3) is 0 Å². The van der Waals surface area contributed by atoms with E-state index in [1.165, 1.54) is 0 Å². The monoisotopic (exact) mass is 331 g/mol. The van der Waals surface area contributed by atoms with Crippen LogP contribution in [-0.4, -0.2) is 44.5 Å². The van der Waals surface area contributed by atoms with E-state index in [0.29, 0.717) is 17.2 Å². The minimum Gasteiger partial charge on any atom is -0.385 e. The SMILES string of the molecule is COCCCOC1CN(c2cc(C#N)c3cc(Cl)ccc3n2)C1. The highest BCUT2D eigenvalue weighted by Crippen LogP contribution is 2.28. The van der Waals surface area contributed by atoms with Crippen LogP contribution >= 0.6 is 11.6 Å². The zero-order chi connectivity index (χ0) is 16.2. The maximum absolute atomic E-state index is 9.37. The van der Waals surface area contributed by atoms with E-state index in [-0.39, 0.29) is 6.10 Å². The highest BCUT2D eigenvalue weighted by Gasteiger charge is 2.28. The summed E-state index contributed by atoms with van der Waals surface area (Å²) in [7, 11) is 1.69. The van der Waals surface area contributed by atoms with Gasteiger partial charge in [0.05, 0.1) is 23.3 Å². The normalized spacial score (nSPS) is 14.7. The first-order chi connectivity index (χ1) is 11.2. The van der Waals surface area contributed by atoms with Crippen LogP contribution in [0.3, 0.4) is 0 Å². The van der Waals surface area contributed by atoms with Gasteiger partial charge >= 0.3 is 0 Å². The summed E-state index contributed by atoms with van der Waals surface area (Å²) in [5.74, 6) is 0.813. The van der Waals surface area contributed by atoms with Crippen LogP contribution in [0.4, 0.5) is 5.82 Å². The molecule has 0 N–H and O–H groups in total. The number of benzene rings is 1. The molecule has 23 heavy (non-hydrogen) atoms. The van der Waals surface area contributed by atoms with Crippen LogP contribution < -0.4 is 4.90 Å². The Bertz CT molecular complexity index is 738. The summed E-state index contributed by atoms with van der Waals surface area (Å²) in [6.07, 6.45) is 1.13. The number of fused-ring (bicyclic) bond motifs is 1. The van der Waals surface area contributed by atoms with Gasteiger partial charge in [-0.1, -0.05) is 11.6 Å². The fraction of sp³-hybridized carbons (Fsp3) is 0.412. The highest BCUT2D eigenvalue weighted by atomic mass is 35.5. The van der Waals surface area contributed by atoms with E-state index in [0.717, 1.165) is 42.8 Å². The van der Waals surface area contributed by atoms with Gasteiger partial charge in [0, 0.05) is 43.8 Å². The molecule has 120 valence electrons. The number of anilines is 1. The molecule has 2 heterocycles. The number of hydrogen-bond donors (Lipinski definition) is 0. The lowest BCUT2D eigenvalue weighted by Gasteiger charge is -2.40. The van der Waals surface area contributed by atoms with Gasteiger partial charge in [-0.2, -0.15) is 5.26 Å². The molecule has 0 bridgehead atoms. The molecule has 0 atom stereocenters. The van der Waals surface area contributed by atoms with Gasteiger partial charge in [0.2, 0.25) is 0 Å². The van der Waals surface area contributed by atoms with Crippen molar-refractivity contribution in [2.24, 2.45) is 0 Å². The zero-order valence-corrected chi connectivity index (χ0v) is 13.7. The summed E-state index contributed by atoms with van der Waals surface area (Å²) in [5, 5.41) is 10.8. The van der Waals surface area contributed by atoms with Crippen LogP contribution in [0.15, 0.2) is 24.3 Å². The first kappa shape index (κ1) is 16.0. The Labute approximate surface area is 140 Å². The Morgan fingerprint density at radius 2 is 2.17 bits per heavy atom. The van der Waals surface area contributed by atoms with Crippen molar-refractivity contribution in [1.82, 2.24) is 4.98 Å². The summed E-state index contributed by atoms with van der Waals surface area (Å²) >= 11 is 6.01. The van der Waals surface area contributed by atoms with E-state index in [9.17, 15) is 5.26 Å². The largest absolute Gasteiger partial charge is 0.385 e. The third kappa shape index (κ3) is 3.56. The molecule has 0 aliphatic carbocycles. The first-order valence-corrected chi connectivity index (χ1v) is 7.95. The summed E-state index contributed by atoms with van der Waals surface area (Å²) in [6.45, 7) is 3.02. The van der Waals surface area contributed by atoms with Gasteiger partial charge in [0.15, 0.2) is 0 Å². The molecule has 0 unspecified atom stereocenters. The van der Waals surface area contributed by atoms with Crippen molar-refractivity contribution in [1.29, 1.82) is 5.26 Å². The molecule has 1 aliphatic heterocycles. The van der Waals surface area contributed by atoms with Crippen LogP contribution in [0, 0.1) is 11.3 Å². The van der Waals surface area contributed by atoms with Gasteiger partial charge in [-0.25, -0.2) is 4.98 Å². The molecule has 2 aromatic rings. The summed E-state index contributed by atoms with van der Waals surface area (Å²) in [6, 6.07) is 9.47. The molecular weight excluding hydrogens is 314 g/mol. The highest BCUT2D eigenvalue weighted by molar-refractivity contribution is 6.31. The number of ether oxygens (including phenoxy) is 2. The van der Waals surface area contributed by atoms with Crippen molar-refractivity contribution < 1.29 is 9.47 Å². The van der Waals surface area contributed by atoms with Crippen LogP contribution in [0.2, 0.25) is 5.02 Å². The van der Waals surface area contributed by atoms with E-state index < -0.39 is 0 Å². The molecule has 5 nitrogen and oxygen atoms in total. The van der Waals surface area contributed by atoms with Crippen LogP contribution in [0.5, 0.6) is 0 Å². The van der Waals surface area contributed by atoms with Crippen LogP contribution in [0.1, 0.15) is 12.0 Å². The number of rotatable bonds is 6. The Kier molecular flexibility index (Phi) is 4.97. The fourth-order valence-electron chi connectivity index (χ4n) is 2.62. The molecule has 0 amide bonds. The van der Waals surface area contributed by atoms with Crippen LogP contribution in [-0.2, 0) is 9.47 Å². The molecule has 0 spiro atoms. The second-order valence-electron chi connectivity index (χ2n) is 5.55. The Morgan fingerprint density at radius 3 is 2.91 bits per heavy atom. The number of hydrogen-bond acceptors (Lipinski definition) is 5. The molecule has 6 heteroatoms. The Morgan fingerprint density at radius 1 is 1.35 bits per heavy atom. The molecular formula is C17H18ClN3O2. The van der Waals surface area contributed by atoms with E-state index in [1.807, 2.05) is 12.1 Å². The molecule has 1 aromatic heterocycles. The number of pyridine rings is 1. The van der Waals surface area contributed by atoms with E-state index in [1.54, 1.807) is 19.2 Å². The number of nitrogens with zero attached hydrogens (tertiary/aromatic N) is 3. The lowest BCUT2D eigenvalue weighted by molar-refractivity contribution is 0.0230. The zero-order valence-electron chi connectivity index (χ0n) is 13.0. The number of aromatic nitrogens is 1. The lowest BCUT2D eigenvalue weighted by Crippen LogP contribution is -2.52. The number of halogens is 1. The number of methoxy groups -OCH3 is 1.